The predicted octanol–water partition coefficient (Wildman–Crippen LogP) is 2.56. The Hall–Kier alpha value is -2.78. The Balaban J connectivity index is 1.47. The van der Waals surface area contributed by atoms with Crippen LogP contribution in [0.1, 0.15) is 41.9 Å². The number of amides is 1. The van der Waals surface area contributed by atoms with E-state index in [0.717, 1.165) is 25.2 Å². The number of carbonyl (C=O) groups excluding carboxylic acids is 1. The van der Waals surface area contributed by atoms with Gasteiger partial charge in [-0.2, -0.15) is 13.2 Å². The quantitative estimate of drug-likeness (QED) is 0.796. The van der Waals surface area contributed by atoms with E-state index in [2.05, 4.69) is 19.9 Å². The van der Waals surface area contributed by atoms with Gasteiger partial charge in [-0.1, -0.05) is 0 Å². The first-order valence-electron chi connectivity index (χ1n) is 9.16. The minimum atomic E-state index is -4.50. The summed E-state index contributed by atoms with van der Waals surface area (Å²) in [7, 11) is 0. The number of hydrogen-bond acceptors (Lipinski definition) is 6. The Kier molecular flexibility index (Phi) is 4.86. The number of anilines is 1. The van der Waals surface area contributed by atoms with Gasteiger partial charge in [-0.05, 0) is 25.7 Å². The van der Waals surface area contributed by atoms with Crippen LogP contribution >= 0.6 is 0 Å². The number of nitrogens with zero attached hydrogens (tertiary/aromatic N) is 6. The molecule has 2 aromatic heterocycles. The standard InChI is InChI=1S/C18H19F3N6O/c19-18(20,21)15-9-16(25-11-24-15)27(12-1-2-12)13-3-7-26(8-4-13)17(28)14-10-22-5-6-23-14/h5-6,9-13H,1-4,7-8H2. The molecular weight excluding hydrogens is 373 g/mol. The van der Waals surface area contributed by atoms with E-state index in [4.69, 9.17) is 0 Å². The van der Waals surface area contributed by atoms with Crippen LogP contribution in [0.2, 0.25) is 0 Å². The number of carbonyl (C=O) groups is 1. The summed E-state index contributed by atoms with van der Waals surface area (Å²) >= 11 is 0. The zero-order chi connectivity index (χ0) is 19.7. The number of piperidine rings is 1. The summed E-state index contributed by atoms with van der Waals surface area (Å²) in [5.74, 6) is 0.134. The van der Waals surface area contributed by atoms with Crippen LogP contribution in [0.4, 0.5) is 19.0 Å². The van der Waals surface area contributed by atoms with Crippen LogP contribution in [0.3, 0.4) is 0 Å². The first kappa shape index (κ1) is 18.6. The molecule has 0 radical (unpaired) electrons. The number of rotatable bonds is 4. The van der Waals surface area contributed by atoms with E-state index in [-0.39, 0.29) is 18.0 Å². The topological polar surface area (TPSA) is 75.1 Å². The summed E-state index contributed by atoms with van der Waals surface area (Å²) in [6.07, 6.45) is 4.08. The molecule has 3 heterocycles. The lowest BCUT2D eigenvalue weighted by molar-refractivity contribution is -0.141. The fraction of sp³-hybridized carbons (Fsp3) is 0.500. The largest absolute Gasteiger partial charge is 0.433 e. The molecule has 10 heteroatoms. The van der Waals surface area contributed by atoms with Crippen molar-refractivity contribution in [2.75, 3.05) is 18.0 Å². The molecule has 4 rings (SSSR count). The molecule has 0 aromatic carbocycles. The molecular formula is C18H19F3N6O. The third-order valence-electron chi connectivity index (χ3n) is 5.08. The molecule has 1 aliphatic heterocycles. The first-order chi connectivity index (χ1) is 13.4. The van der Waals surface area contributed by atoms with E-state index in [9.17, 15) is 18.0 Å². The smallest absolute Gasteiger partial charge is 0.350 e. The van der Waals surface area contributed by atoms with E-state index >= 15 is 0 Å². The van der Waals surface area contributed by atoms with Crippen LogP contribution < -0.4 is 4.90 Å². The number of hydrogen-bond donors (Lipinski definition) is 0. The molecule has 2 aliphatic rings. The molecule has 0 atom stereocenters. The molecule has 1 amide bonds. The van der Waals surface area contributed by atoms with Gasteiger partial charge in [0.15, 0.2) is 0 Å². The lowest BCUT2D eigenvalue weighted by atomic mass is 10.0. The van der Waals surface area contributed by atoms with Crippen LogP contribution in [0, 0.1) is 0 Å². The molecule has 1 saturated carbocycles. The fourth-order valence-corrected chi connectivity index (χ4v) is 3.59. The average Bonchev–Trinajstić information content (AvgIpc) is 3.53. The Morgan fingerprint density at radius 2 is 1.75 bits per heavy atom. The van der Waals surface area contributed by atoms with Gasteiger partial charge in [-0.3, -0.25) is 9.78 Å². The fourth-order valence-electron chi connectivity index (χ4n) is 3.59. The molecule has 0 unspecified atom stereocenters. The molecule has 0 bridgehead atoms. The first-order valence-corrected chi connectivity index (χ1v) is 9.16. The predicted molar refractivity (Wildman–Crippen MR) is 93.5 cm³/mol. The summed E-state index contributed by atoms with van der Waals surface area (Å²) in [6, 6.07) is 1.26. The molecule has 1 aliphatic carbocycles. The summed E-state index contributed by atoms with van der Waals surface area (Å²) in [5.41, 5.74) is -0.635. The second-order valence-corrected chi connectivity index (χ2v) is 7.01. The van der Waals surface area contributed by atoms with Crippen LogP contribution in [-0.2, 0) is 6.18 Å². The Morgan fingerprint density at radius 1 is 1.04 bits per heavy atom. The van der Waals surface area contributed by atoms with Gasteiger partial charge in [0.1, 0.15) is 23.5 Å². The SMILES string of the molecule is O=C(c1cnccn1)N1CCC(N(c2cc(C(F)(F)F)ncn2)C2CC2)CC1. The highest BCUT2D eigenvalue weighted by Crippen LogP contribution is 2.37. The molecule has 7 nitrogen and oxygen atoms in total. The number of alkyl halides is 3. The molecule has 2 fully saturated rings. The van der Waals surface area contributed by atoms with Gasteiger partial charge >= 0.3 is 6.18 Å². The zero-order valence-corrected chi connectivity index (χ0v) is 15.0. The monoisotopic (exact) mass is 392 g/mol. The molecule has 1 saturated heterocycles. The molecule has 148 valence electrons. The van der Waals surface area contributed by atoms with Crippen molar-refractivity contribution in [1.29, 1.82) is 0 Å². The third-order valence-corrected chi connectivity index (χ3v) is 5.08. The van der Waals surface area contributed by atoms with Crippen molar-refractivity contribution in [3.63, 3.8) is 0 Å². The summed E-state index contributed by atoms with van der Waals surface area (Å²) in [5, 5.41) is 0. The minimum absolute atomic E-state index is 0.0365. The lowest BCUT2D eigenvalue weighted by Gasteiger charge is -2.39. The molecule has 0 N–H and O–H groups in total. The average molecular weight is 392 g/mol. The van der Waals surface area contributed by atoms with Gasteiger partial charge in [0.2, 0.25) is 0 Å². The van der Waals surface area contributed by atoms with Gasteiger partial charge < -0.3 is 9.80 Å². The van der Waals surface area contributed by atoms with E-state index in [1.165, 1.54) is 18.6 Å². The normalized spacial score (nSPS) is 18.2. The van der Waals surface area contributed by atoms with E-state index in [1.54, 1.807) is 4.90 Å². The van der Waals surface area contributed by atoms with Crippen LogP contribution in [0.5, 0.6) is 0 Å². The van der Waals surface area contributed by atoms with Crippen LogP contribution in [-0.4, -0.2) is 55.9 Å². The number of halogens is 3. The van der Waals surface area contributed by atoms with Crippen molar-refractivity contribution in [1.82, 2.24) is 24.8 Å². The van der Waals surface area contributed by atoms with Gasteiger partial charge in [-0.15, -0.1) is 0 Å². The minimum Gasteiger partial charge on any atom is -0.350 e. The maximum absolute atomic E-state index is 13.0. The van der Waals surface area contributed by atoms with Crippen LogP contribution in [0.15, 0.2) is 31.0 Å². The van der Waals surface area contributed by atoms with Gasteiger partial charge in [0.05, 0.1) is 6.20 Å². The molecule has 28 heavy (non-hydrogen) atoms. The second kappa shape index (κ2) is 7.33. The Labute approximate surface area is 159 Å². The highest BCUT2D eigenvalue weighted by molar-refractivity contribution is 5.92. The third kappa shape index (κ3) is 3.90. The van der Waals surface area contributed by atoms with Crippen molar-refractivity contribution in [2.45, 2.75) is 43.9 Å². The van der Waals surface area contributed by atoms with E-state index in [0.29, 0.717) is 37.4 Å². The summed E-state index contributed by atoms with van der Waals surface area (Å²) in [4.78, 5) is 31.6. The number of aromatic nitrogens is 4. The second-order valence-electron chi connectivity index (χ2n) is 7.01. The summed E-state index contributed by atoms with van der Waals surface area (Å²) in [6.45, 7) is 1.03. The molecule has 0 spiro atoms. The van der Waals surface area contributed by atoms with Crippen molar-refractivity contribution < 1.29 is 18.0 Å². The highest BCUT2D eigenvalue weighted by Gasteiger charge is 2.39. The van der Waals surface area contributed by atoms with Crippen molar-refractivity contribution in [3.05, 3.63) is 42.4 Å². The van der Waals surface area contributed by atoms with Gasteiger partial charge in [-0.25, -0.2) is 15.0 Å². The number of likely N-dealkylation sites (tertiary alicyclic amines) is 1. The molecule has 2 aromatic rings. The van der Waals surface area contributed by atoms with E-state index in [1.807, 2.05) is 4.90 Å². The highest BCUT2D eigenvalue weighted by atomic mass is 19.4. The van der Waals surface area contributed by atoms with Gasteiger partial charge in [0.25, 0.3) is 5.91 Å². The van der Waals surface area contributed by atoms with Gasteiger partial charge in [0, 0.05) is 43.6 Å². The van der Waals surface area contributed by atoms with Crippen molar-refractivity contribution in [3.8, 4) is 0 Å². The maximum atomic E-state index is 13.0. The maximum Gasteiger partial charge on any atom is 0.433 e. The van der Waals surface area contributed by atoms with Crippen molar-refractivity contribution >= 4 is 11.7 Å². The Bertz CT molecular complexity index is 835. The Morgan fingerprint density at radius 3 is 2.36 bits per heavy atom. The van der Waals surface area contributed by atoms with Crippen molar-refractivity contribution in [2.24, 2.45) is 0 Å². The zero-order valence-electron chi connectivity index (χ0n) is 15.0. The lowest BCUT2D eigenvalue weighted by Crippen LogP contribution is -2.48. The van der Waals surface area contributed by atoms with Crippen LogP contribution in [0.25, 0.3) is 0 Å². The van der Waals surface area contributed by atoms with E-state index < -0.39 is 11.9 Å². The summed E-state index contributed by atoms with van der Waals surface area (Å²) < 4.78 is 39.1.